The van der Waals surface area contributed by atoms with Crippen LogP contribution >= 0.6 is 11.3 Å². The predicted molar refractivity (Wildman–Crippen MR) is 95.0 cm³/mol. The van der Waals surface area contributed by atoms with Crippen molar-refractivity contribution in [3.8, 4) is 0 Å². The van der Waals surface area contributed by atoms with Crippen molar-refractivity contribution in [2.24, 2.45) is 7.05 Å². The Morgan fingerprint density at radius 3 is 2.40 bits per heavy atom. The monoisotopic (exact) mass is 384 g/mol. The van der Waals surface area contributed by atoms with Crippen molar-refractivity contribution in [3.63, 3.8) is 0 Å². The molecule has 0 radical (unpaired) electrons. The Morgan fingerprint density at radius 1 is 1.20 bits per heavy atom. The fourth-order valence-electron chi connectivity index (χ4n) is 2.25. The first kappa shape index (κ1) is 19.2. The highest BCUT2D eigenvalue weighted by molar-refractivity contribution is 7.89. The van der Waals surface area contributed by atoms with E-state index in [0.717, 1.165) is 16.9 Å². The number of carbonyl (C=O) groups is 2. The second kappa shape index (κ2) is 7.38. The zero-order valence-electron chi connectivity index (χ0n) is 14.3. The molecule has 0 aliphatic carbocycles. The van der Waals surface area contributed by atoms with Gasteiger partial charge in [0.1, 0.15) is 10.6 Å². The lowest BCUT2D eigenvalue weighted by molar-refractivity contribution is 0.0844. The Kier molecular flexibility index (Phi) is 5.65. The van der Waals surface area contributed by atoms with Crippen LogP contribution in [0.3, 0.4) is 0 Å². The summed E-state index contributed by atoms with van der Waals surface area (Å²) >= 11 is 1.37. The molecular weight excluding hydrogens is 364 g/mol. The van der Waals surface area contributed by atoms with E-state index in [-0.39, 0.29) is 10.6 Å². The van der Waals surface area contributed by atoms with Gasteiger partial charge < -0.3 is 4.57 Å². The normalized spacial score (nSPS) is 11.4. The van der Waals surface area contributed by atoms with Crippen LogP contribution in [0.15, 0.2) is 23.2 Å². The molecular formula is C15H20N4O4S2. The first-order valence-electron chi connectivity index (χ1n) is 7.49. The summed E-state index contributed by atoms with van der Waals surface area (Å²) in [5.41, 5.74) is 5.78. The molecule has 10 heteroatoms. The van der Waals surface area contributed by atoms with Crippen LogP contribution in [0.4, 0.5) is 0 Å². The molecule has 25 heavy (non-hydrogen) atoms. The highest BCUT2D eigenvalue weighted by Crippen LogP contribution is 2.22. The number of aryl methyl sites for hydroxylation is 3. The zero-order valence-corrected chi connectivity index (χ0v) is 16.0. The van der Waals surface area contributed by atoms with Crippen molar-refractivity contribution in [1.29, 1.82) is 0 Å². The van der Waals surface area contributed by atoms with E-state index in [2.05, 4.69) is 15.6 Å². The molecule has 0 atom stereocenters. The minimum Gasteiger partial charge on any atom is -0.345 e. The minimum absolute atomic E-state index is 0.0320. The van der Waals surface area contributed by atoms with Crippen LogP contribution in [0.2, 0.25) is 0 Å². The van der Waals surface area contributed by atoms with Gasteiger partial charge in [-0.25, -0.2) is 13.1 Å². The van der Waals surface area contributed by atoms with Crippen LogP contribution in [0.5, 0.6) is 0 Å². The Morgan fingerprint density at radius 2 is 1.84 bits per heavy atom. The number of amides is 2. The molecule has 2 aromatic rings. The summed E-state index contributed by atoms with van der Waals surface area (Å²) in [5, 5.41) is 0. The van der Waals surface area contributed by atoms with Crippen molar-refractivity contribution < 1.29 is 18.0 Å². The summed E-state index contributed by atoms with van der Waals surface area (Å²) in [7, 11) is -0.818. The van der Waals surface area contributed by atoms with Crippen molar-refractivity contribution in [2.75, 3.05) is 7.05 Å². The summed E-state index contributed by atoms with van der Waals surface area (Å²) in [6, 6.07) is 3.00. The number of nitrogens with one attached hydrogen (secondary N) is 3. The number of thiophene rings is 1. The molecule has 2 amide bonds. The van der Waals surface area contributed by atoms with E-state index in [9.17, 15) is 18.0 Å². The molecule has 0 fully saturated rings. The average Bonchev–Trinajstić information content (AvgIpc) is 3.15. The van der Waals surface area contributed by atoms with E-state index in [0.29, 0.717) is 4.88 Å². The molecule has 2 rings (SSSR count). The molecule has 2 heterocycles. The molecule has 0 unspecified atom stereocenters. The second-order valence-corrected chi connectivity index (χ2v) is 8.38. The third-order valence-electron chi connectivity index (χ3n) is 3.65. The van der Waals surface area contributed by atoms with Crippen LogP contribution < -0.4 is 15.6 Å². The topological polar surface area (TPSA) is 109 Å². The number of hydrogen-bond acceptors (Lipinski definition) is 5. The van der Waals surface area contributed by atoms with Crippen LogP contribution in [0.1, 0.15) is 37.5 Å². The van der Waals surface area contributed by atoms with Gasteiger partial charge in [-0.2, -0.15) is 0 Å². The molecule has 0 bridgehead atoms. The van der Waals surface area contributed by atoms with E-state index < -0.39 is 21.8 Å². The maximum absolute atomic E-state index is 12.2. The third kappa shape index (κ3) is 4.09. The number of nitrogens with zero attached hydrogens (tertiary/aromatic N) is 1. The van der Waals surface area contributed by atoms with Crippen molar-refractivity contribution in [3.05, 3.63) is 39.3 Å². The van der Waals surface area contributed by atoms with Gasteiger partial charge in [0.15, 0.2) is 0 Å². The third-order valence-corrected chi connectivity index (χ3v) is 6.41. The maximum atomic E-state index is 12.2. The van der Waals surface area contributed by atoms with E-state index in [1.807, 2.05) is 13.8 Å². The number of hydrogen-bond donors (Lipinski definition) is 3. The predicted octanol–water partition coefficient (Wildman–Crippen LogP) is 0.940. The standard InChI is InChI=1S/C15H20N4O4S2/c1-5-12-9(2)6-13(24-12)15(21)18-17-14(20)11-7-10(8-19(11)4)25(22,23)16-3/h6-8,16H,5H2,1-4H3,(H,17,20)(H,18,21). The van der Waals surface area contributed by atoms with Gasteiger partial charge in [-0.05, 0) is 38.1 Å². The molecule has 2 aromatic heterocycles. The first-order valence-corrected chi connectivity index (χ1v) is 9.79. The van der Waals surface area contributed by atoms with Gasteiger partial charge in [-0.1, -0.05) is 6.92 Å². The molecule has 0 saturated carbocycles. The van der Waals surface area contributed by atoms with Gasteiger partial charge >= 0.3 is 0 Å². The molecule has 0 aliphatic rings. The lowest BCUT2D eigenvalue weighted by Gasteiger charge is -2.06. The van der Waals surface area contributed by atoms with Crippen molar-refractivity contribution in [1.82, 2.24) is 20.1 Å². The van der Waals surface area contributed by atoms with E-state index in [1.165, 1.54) is 35.2 Å². The van der Waals surface area contributed by atoms with Crippen LogP contribution in [-0.4, -0.2) is 31.8 Å². The van der Waals surface area contributed by atoms with Crippen molar-refractivity contribution >= 4 is 33.2 Å². The smallest absolute Gasteiger partial charge is 0.286 e. The molecule has 3 N–H and O–H groups in total. The number of hydrazine groups is 1. The van der Waals surface area contributed by atoms with Gasteiger partial charge in [-0.15, -0.1) is 11.3 Å². The van der Waals surface area contributed by atoms with Crippen LogP contribution in [0.25, 0.3) is 0 Å². The number of carbonyl (C=O) groups excluding carboxylic acids is 2. The maximum Gasteiger partial charge on any atom is 0.286 e. The first-order chi connectivity index (χ1) is 11.7. The zero-order chi connectivity index (χ0) is 18.8. The Labute approximate surface area is 150 Å². The van der Waals surface area contributed by atoms with Gasteiger partial charge in [-0.3, -0.25) is 20.4 Å². The van der Waals surface area contributed by atoms with Gasteiger partial charge in [0.2, 0.25) is 10.0 Å². The summed E-state index contributed by atoms with van der Waals surface area (Å²) in [4.78, 5) is 25.9. The quantitative estimate of drug-likeness (QED) is 0.667. The van der Waals surface area contributed by atoms with Crippen LogP contribution in [0, 0.1) is 6.92 Å². The summed E-state index contributed by atoms with van der Waals surface area (Å²) in [6.07, 6.45) is 2.15. The highest BCUT2D eigenvalue weighted by Gasteiger charge is 2.20. The van der Waals surface area contributed by atoms with Gasteiger partial charge in [0, 0.05) is 18.1 Å². The fraction of sp³-hybridized carbons (Fsp3) is 0.333. The fourth-order valence-corrected chi connectivity index (χ4v) is 4.06. The number of aromatic nitrogens is 1. The molecule has 0 aromatic carbocycles. The SMILES string of the molecule is CCc1sc(C(=O)NNC(=O)c2cc(S(=O)(=O)NC)cn2C)cc1C. The number of sulfonamides is 1. The van der Waals surface area contributed by atoms with Crippen molar-refractivity contribution in [2.45, 2.75) is 25.2 Å². The Hall–Kier alpha value is -2.17. The lowest BCUT2D eigenvalue weighted by atomic mass is 10.2. The van der Waals surface area contributed by atoms with Gasteiger partial charge in [0.05, 0.1) is 4.88 Å². The Balaban J connectivity index is 2.08. The minimum atomic E-state index is -3.65. The molecule has 8 nitrogen and oxygen atoms in total. The second-order valence-electron chi connectivity index (χ2n) is 5.36. The summed E-state index contributed by atoms with van der Waals surface area (Å²) in [6.45, 7) is 3.94. The Bertz CT molecular complexity index is 912. The molecule has 0 spiro atoms. The largest absolute Gasteiger partial charge is 0.345 e. The molecule has 0 aliphatic heterocycles. The summed E-state index contributed by atoms with van der Waals surface area (Å²) in [5.74, 6) is -1.03. The average molecular weight is 384 g/mol. The van der Waals surface area contributed by atoms with Gasteiger partial charge in [0.25, 0.3) is 11.8 Å². The summed E-state index contributed by atoms with van der Waals surface area (Å²) < 4.78 is 27.1. The highest BCUT2D eigenvalue weighted by atomic mass is 32.2. The van der Waals surface area contributed by atoms with E-state index >= 15 is 0 Å². The van der Waals surface area contributed by atoms with E-state index in [4.69, 9.17) is 0 Å². The molecule has 136 valence electrons. The molecule has 0 saturated heterocycles. The van der Waals surface area contributed by atoms with E-state index in [1.54, 1.807) is 13.1 Å². The van der Waals surface area contributed by atoms with Crippen LogP contribution in [-0.2, 0) is 23.5 Å². The number of rotatable bonds is 5. The lowest BCUT2D eigenvalue weighted by Crippen LogP contribution is -2.41.